The third-order valence-corrected chi connectivity index (χ3v) is 3.70. The van der Waals surface area contributed by atoms with Crippen molar-refractivity contribution in [3.05, 3.63) is 23.8 Å². The molecule has 5 nitrogen and oxygen atoms in total. The Morgan fingerprint density at radius 2 is 1.74 bits per heavy atom. The summed E-state index contributed by atoms with van der Waals surface area (Å²) in [6, 6.07) is 4.23. The van der Waals surface area contributed by atoms with Gasteiger partial charge in [0.15, 0.2) is 11.5 Å². The Morgan fingerprint density at radius 1 is 1.09 bits per heavy atom. The number of hydrogen-bond donors (Lipinski definition) is 2. The highest BCUT2D eigenvalue weighted by Crippen LogP contribution is 2.26. The normalized spacial score (nSPS) is 10.3. The molecule has 0 aliphatic carbocycles. The zero-order chi connectivity index (χ0) is 17.1. The van der Waals surface area contributed by atoms with Crippen molar-refractivity contribution in [2.45, 2.75) is 58.3 Å². The SMILES string of the molecule is CCCCCCCCCC(=O)NC(=O)c1ccc(O)c(OC)c1. The van der Waals surface area contributed by atoms with Gasteiger partial charge in [0, 0.05) is 12.0 Å². The molecule has 0 saturated heterocycles. The molecule has 0 heterocycles. The molecule has 0 atom stereocenters. The van der Waals surface area contributed by atoms with Gasteiger partial charge in [-0.15, -0.1) is 0 Å². The standard InChI is InChI=1S/C18H27NO4/c1-3-4-5-6-7-8-9-10-17(21)19-18(22)14-11-12-15(20)16(13-14)23-2/h11-13,20H,3-10H2,1-2H3,(H,19,21,22). The van der Waals surface area contributed by atoms with Crippen molar-refractivity contribution in [1.82, 2.24) is 5.32 Å². The average molecular weight is 321 g/mol. The Labute approximate surface area is 138 Å². The first kappa shape index (κ1) is 19.0. The summed E-state index contributed by atoms with van der Waals surface area (Å²) in [6.07, 6.45) is 8.26. The fraction of sp³-hybridized carbons (Fsp3) is 0.556. The average Bonchev–Trinajstić information content (AvgIpc) is 2.54. The van der Waals surface area contributed by atoms with Crippen molar-refractivity contribution < 1.29 is 19.4 Å². The second-order valence-electron chi connectivity index (χ2n) is 5.64. The number of aromatic hydroxyl groups is 1. The quantitative estimate of drug-likeness (QED) is 0.643. The lowest BCUT2D eigenvalue weighted by Gasteiger charge is -2.07. The van der Waals surface area contributed by atoms with Crippen LogP contribution in [0.15, 0.2) is 18.2 Å². The van der Waals surface area contributed by atoms with Gasteiger partial charge >= 0.3 is 0 Å². The zero-order valence-electron chi connectivity index (χ0n) is 14.1. The van der Waals surface area contributed by atoms with Crippen molar-refractivity contribution in [2.24, 2.45) is 0 Å². The highest BCUT2D eigenvalue weighted by molar-refractivity contribution is 6.04. The number of hydrogen-bond acceptors (Lipinski definition) is 4. The van der Waals surface area contributed by atoms with E-state index in [4.69, 9.17) is 4.74 Å². The highest BCUT2D eigenvalue weighted by Gasteiger charge is 2.12. The molecular weight excluding hydrogens is 294 g/mol. The minimum atomic E-state index is -0.476. The number of unbranched alkanes of at least 4 members (excludes halogenated alkanes) is 6. The van der Waals surface area contributed by atoms with Gasteiger partial charge in [0.1, 0.15) is 0 Å². The molecule has 0 unspecified atom stereocenters. The lowest BCUT2D eigenvalue weighted by Crippen LogP contribution is -2.30. The van der Waals surface area contributed by atoms with Crippen molar-refractivity contribution in [3.63, 3.8) is 0 Å². The molecule has 0 aliphatic heterocycles. The molecule has 128 valence electrons. The van der Waals surface area contributed by atoms with E-state index in [1.807, 2.05) is 0 Å². The first-order chi connectivity index (χ1) is 11.1. The minimum absolute atomic E-state index is 0.0431. The number of benzene rings is 1. The van der Waals surface area contributed by atoms with Gasteiger partial charge in [0.2, 0.25) is 5.91 Å². The first-order valence-electron chi connectivity index (χ1n) is 8.29. The van der Waals surface area contributed by atoms with Crippen LogP contribution in [0.3, 0.4) is 0 Å². The molecule has 1 aromatic carbocycles. The van der Waals surface area contributed by atoms with E-state index in [0.717, 1.165) is 19.3 Å². The van der Waals surface area contributed by atoms with Crippen molar-refractivity contribution >= 4 is 11.8 Å². The number of carbonyl (C=O) groups is 2. The van der Waals surface area contributed by atoms with Crippen molar-refractivity contribution in [3.8, 4) is 11.5 Å². The molecular formula is C18H27NO4. The summed E-state index contributed by atoms with van der Waals surface area (Å²) in [5.41, 5.74) is 0.285. The predicted molar refractivity (Wildman–Crippen MR) is 89.7 cm³/mol. The second kappa shape index (κ2) is 10.6. The maximum atomic E-state index is 12.0. The van der Waals surface area contributed by atoms with Crippen LogP contribution in [0.1, 0.15) is 68.6 Å². The number of methoxy groups -OCH3 is 1. The Morgan fingerprint density at radius 3 is 2.39 bits per heavy atom. The molecule has 0 aromatic heterocycles. The van der Waals surface area contributed by atoms with E-state index in [0.29, 0.717) is 6.42 Å². The van der Waals surface area contributed by atoms with Crippen LogP contribution in [0.2, 0.25) is 0 Å². The Bertz CT molecular complexity index is 514. The Kier molecular flexibility index (Phi) is 8.80. The highest BCUT2D eigenvalue weighted by atomic mass is 16.5. The van der Waals surface area contributed by atoms with Crippen LogP contribution in [0.25, 0.3) is 0 Å². The molecule has 0 bridgehead atoms. The molecule has 2 N–H and O–H groups in total. The van der Waals surface area contributed by atoms with E-state index in [-0.39, 0.29) is 23.0 Å². The van der Waals surface area contributed by atoms with Gasteiger partial charge in [0.05, 0.1) is 7.11 Å². The van der Waals surface area contributed by atoms with Gasteiger partial charge in [0.25, 0.3) is 5.91 Å². The molecule has 2 amide bonds. The molecule has 0 spiro atoms. The van der Waals surface area contributed by atoms with E-state index in [1.54, 1.807) is 0 Å². The third-order valence-electron chi connectivity index (χ3n) is 3.70. The van der Waals surface area contributed by atoms with E-state index < -0.39 is 5.91 Å². The van der Waals surface area contributed by atoms with E-state index in [9.17, 15) is 14.7 Å². The summed E-state index contributed by atoms with van der Waals surface area (Å²) < 4.78 is 4.95. The number of rotatable bonds is 10. The van der Waals surface area contributed by atoms with E-state index in [1.165, 1.54) is 51.0 Å². The second-order valence-corrected chi connectivity index (χ2v) is 5.64. The number of imide groups is 1. The Hall–Kier alpha value is -2.04. The molecule has 5 heteroatoms. The number of phenolic OH excluding ortho intramolecular Hbond substituents is 1. The summed E-state index contributed by atoms with van der Waals surface area (Å²) in [4.78, 5) is 23.7. The molecule has 23 heavy (non-hydrogen) atoms. The lowest BCUT2D eigenvalue weighted by atomic mass is 10.1. The van der Waals surface area contributed by atoms with Crippen LogP contribution >= 0.6 is 0 Å². The van der Waals surface area contributed by atoms with E-state index in [2.05, 4.69) is 12.2 Å². The summed E-state index contributed by atoms with van der Waals surface area (Å²) in [5.74, 6) is -0.581. The summed E-state index contributed by atoms with van der Waals surface area (Å²) in [5, 5.41) is 11.9. The molecule has 0 fully saturated rings. The zero-order valence-corrected chi connectivity index (χ0v) is 14.1. The molecule has 1 aromatic rings. The van der Waals surface area contributed by atoms with Crippen LogP contribution in [0.5, 0.6) is 11.5 Å². The molecule has 0 aliphatic rings. The number of carbonyl (C=O) groups excluding carboxylic acids is 2. The maximum Gasteiger partial charge on any atom is 0.257 e. The predicted octanol–water partition coefficient (Wildman–Crippen LogP) is 3.80. The summed E-state index contributed by atoms with van der Waals surface area (Å²) in [6.45, 7) is 2.19. The maximum absolute atomic E-state index is 12.0. The van der Waals surface area contributed by atoms with Gasteiger partial charge in [-0.3, -0.25) is 14.9 Å². The fourth-order valence-electron chi connectivity index (χ4n) is 2.32. The van der Waals surface area contributed by atoms with Crippen LogP contribution in [0, 0.1) is 0 Å². The Balaban J connectivity index is 2.30. The number of phenols is 1. The van der Waals surface area contributed by atoms with Crippen molar-refractivity contribution in [1.29, 1.82) is 0 Å². The minimum Gasteiger partial charge on any atom is -0.504 e. The molecule has 1 rings (SSSR count). The number of amides is 2. The first-order valence-corrected chi connectivity index (χ1v) is 8.29. The molecule has 0 saturated carbocycles. The topological polar surface area (TPSA) is 75.6 Å². The third kappa shape index (κ3) is 7.17. The summed E-state index contributed by atoms with van der Waals surface area (Å²) >= 11 is 0. The van der Waals surface area contributed by atoms with Crippen LogP contribution < -0.4 is 10.1 Å². The van der Waals surface area contributed by atoms with Gasteiger partial charge in [-0.05, 0) is 24.6 Å². The lowest BCUT2D eigenvalue weighted by molar-refractivity contribution is -0.120. The van der Waals surface area contributed by atoms with Crippen LogP contribution in [0.4, 0.5) is 0 Å². The number of ether oxygens (including phenoxy) is 1. The van der Waals surface area contributed by atoms with Crippen LogP contribution in [-0.4, -0.2) is 24.0 Å². The number of nitrogens with one attached hydrogen (secondary N) is 1. The van der Waals surface area contributed by atoms with Gasteiger partial charge in [-0.2, -0.15) is 0 Å². The van der Waals surface area contributed by atoms with Crippen molar-refractivity contribution in [2.75, 3.05) is 7.11 Å². The van der Waals surface area contributed by atoms with Crippen LogP contribution in [-0.2, 0) is 4.79 Å². The van der Waals surface area contributed by atoms with E-state index >= 15 is 0 Å². The summed E-state index contributed by atoms with van der Waals surface area (Å²) in [7, 11) is 1.41. The smallest absolute Gasteiger partial charge is 0.257 e. The molecule has 0 radical (unpaired) electrons. The van der Waals surface area contributed by atoms with Gasteiger partial charge < -0.3 is 9.84 Å². The monoisotopic (exact) mass is 321 g/mol. The largest absolute Gasteiger partial charge is 0.504 e. The van der Waals surface area contributed by atoms with Gasteiger partial charge in [-0.1, -0.05) is 45.4 Å². The van der Waals surface area contributed by atoms with Gasteiger partial charge in [-0.25, -0.2) is 0 Å². The fourth-order valence-corrected chi connectivity index (χ4v) is 2.32.